The molecule has 0 N–H and O–H groups in total. The van der Waals surface area contributed by atoms with Crippen molar-refractivity contribution in [2.75, 3.05) is 14.2 Å². The molecule has 5 nitrogen and oxygen atoms in total. The lowest BCUT2D eigenvalue weighted by Crippen LogP contribution is -2.10. The highest BCUT2D eigenvalue weighted by Crippen LogP contribution is 2.54. The van der Waals surface area contributed by atoms with Crippen molar-refractivity contribution in [3.05, 3.63) is 0 Å². The third-order valence-electron chi connectivity index (χ3n) is 1.87. The number of rotatable bonds is 6. The van der Waals surface area contributed by atoms with Crippen molar-refractivity contribution in [2.24, 2.45) is 0 Å². The molecule has 0 spiro atoms. The summed E-state index contributed by atoms with van der Waals surface area (Å²) in [6.45, 7) is 0. The molecule has 0 aliphatic carbocycles. The van der Waals surface area contributed by atoms with Gasteiger partial charge in [-0.05, 0) is 6.42 Å². The standard InChI is InChI=1S/C8H13N2O3P/c1-12-14(11,13-2)8(5-7-10)4-3-6-9/h8H,3-5H2,1-2H3. The Hall–Kier alpha value is -0.870. The molecule has 78 valence electrons. The summed E-state index contributed by atoms with van der Waals surface area (Å²) < 4.78 is 21.4. The molecule has 0 saturated heterocycles. The summed E-state index contributed by atoms with van der Waals surface area (Å²) >= 11 is 0. The summed E-state index contributed by atoms with van der Waals surface area (Å²) in [5.41, 5.74) is -0.512. The first-order valence-corrected chi connectivity index (χ1v) is 5.71. The molecule has 0 rings (SSSR count). The largest absolute Gasteiger partial charge is 0.334 e. The van der Waals surface area contributed by atoms with E-state index in [1.165, 1.54) is 14.2 Å². The van der Waals surface area contributed by atoms with E-state index in [1.54, 1.807) is 0 Å². The van der Waals surface area contributed by atoms with Gasteiger partial charge in [-0.25, -0.2) is 0 Å². The fourth-order valence-corrected chi connectivity index (χ4v) is 2.58. The monoisotopic (exact) mass is 216 g/mol. The fraction of sp³-hybridized carbons (Fsp3) is 0.750. The third-order valence-corrected chi connectivity index (χ3v) is 4.23. The van der Waals surface area contributed by atoms with Crippen LogP contribution in [0.25, 0.3) is 0 Å². The van der Waals surface area contributed by atoms with Gasteiger partial charge in [0.2, 0.25) is 0 Å². The van der Waals surface area contributed by atoms with Gasteiger partial charge in [-0.2, -0.15) is 10.5 Å². The van der Waals surface area contributed by atoms with Crippen molar-refractivity contribution >= 4 is 7.60 Å². The van der Waals surface area contributed by atoms with E-state index in [9.17, 15) is 4.57 Å². The van der Waals surface area contributed by atoms with Crippen LogP contribution in [-0.2, 0) is 13.6 Å². The van der Waals surface area contributed by atoms with Gasteiger partial charge in [-0.15, -0.1) is 0 Å². The zero-order chi connectivity index (χ0) is 11.0. The Balaban J connectivity index is 4.55. The fourth-order valence-electron chi connectivity index (χ4n) is 1.08. The van der Waals surface area contributed by atoms with Crippen LogP contribution in [0.2, 0.25) is 0 Å². The third kappa shape index (κ3) is 3.47. The van der Waals surface area contributed by atoms with Crippen molar-refractivity contribution in [3.8, 4) is 12.1 Å². The molecule has 0 saturated carbocycles. The molecule has 0 radical (unpaired) electrons. The highest BCUT2D eigenvalue weighted by Gasteiger charge is 2.33. The molecule has 0 aromatic carbocycles. The van der Waals surface area contributed by atoms with Crippen LogP contribution < -0.4 is 0 Å². The molecular formula is C8H13N2O3P. The van der Waals surface area contributed by atoms with E-state index in [2.05, 4.69) is 0 Å². The molecule has 0 fully saturated rings. The molecule has 0 aliphatic rings. The van der Waals surface area contributed by atoms with Crippen LogP contribution in [0, 0.1) is 22.7 Å². The lowest BCUT2D eigenvalue weighted by molar-refractivity contribution is 0.264. The maximum atomic E-state index is 11.8. The SMILES string of the molecule is COP(=O)(OC)C(CC#N)CCC#N. The first kappa shape index (κ1) is 13.1. The molecule has 0 amide bonds. The second-order valence-corrected chi connectivity index (χ2v) is 5.16. The smallest absolute Gasteiger partial charge is 0.312 e. The average molecular weight is 216 g/mol. The molecule has 0 aliphatic heterocycles. The lowest BCUT2D eigenvalue weighted by atomic mass is 10.2. The van der Waals surface area contributed by atoms with Crippen molar-refractivity contribution in [2.45, 2.75) is 24.9 Å². The summed E-state index contributed by atoms with van der Waals surface area (Å²) in [5.74, 6) is 0. The van der Waals surface area contributed by atoms with E-state index in [0.29, 0.717) is 6.42 Å². The zero-order valence-corrected chi connectivity index (χ0v) is 9.16. The Kier molecular flexibility index (Phi) is 6.16. The van der Waals surface area contributed by atoms with Gasteiger partial charge in [0.25, 0.3) is 0 Å². The Bertz CT molecular complexity index is 284. The minimum absolute atomic E-state index is 0.0701. The summed E-state index contributed by atoms with van der Waals surface area (Å²) in [4.78, 5) is 0. The van der Waals surface area contributed by atoms with E-state index in [1.807, 2.05) is 12.1 Å². The zero-order valence-electron chi connectivity index (χ0n) is 8.27. The number of hydrogen-bond acceptors (Lipinski definition) is 5. The van der Waals surface area contributed by atoms with Crippen LogP contribution in [0.4, 0.5) is 0 Å². The van der Waals surface area contributed by atoms with Gasteiger partial charge in [0.15, 0.2) is 0 Å². The molecule has 1 unspecified atom stereocenters. The van der Waals surface area contributed by atoms with Gasteiger partial charge >= 0.3 is 7.60 Å². The van der Waals surface area contributed by atoms with Crippen LogP contribution >= 0.6 is 7.60 Å². The van der Waals surface area contributed by atoms with E-state index in [4.69, 9.17) is 19.6 Å². The van der Waals surface area contributed by atoms with Gasteiger partial charge in [0, 0.05) is 27.1 Å². The minimum atomic E-state index is -3.21. The summed E-state index contributed by atoms with van der Waals surface area (Å²) in [6, 6.07) is 3.84. The van der Waals surface area contributed by atoms with Gasteiger partial charge in [-0.3, -0.25) is 4.57 Å². The van der Waals surface area contributed by atoms with Gasteiger partial charge in [0.05, 0.1) is 17.8 Å². The second-order valence-electron chi connectivity index (χ2n) is 2.62. The summed E-state index contributed by atoms with van der Waals surface area (Å²) in [5, 5.41) is 16.9. The topological polar surface area (TPSA) is 83.1 Å². The van der Waals surface area contributed by atoms with E-state index >= 15 is 0 Å². The Morgan fingerprint density at radius 3 is 2.21 bits per heavy atom. The predicted molar refractivity (Wildman–Crippen MR) is 50.5 cm³/mol. The Morgan fingerprint density at radius 2 is 1.86 bits per heavy atom. The quantitative estimate of drug-likeness (QED) is 0.634. The van der Waals surface area contributed by atoms with Crippen molar-refractivity contribution in [1.82, 2.24) is 0 Å². The Morgan fingerprint density at radius 1 is 1.29 bits per heavy atom. The molecular weight excluding hydrogens is 203 g/mol. The van der Waals surface area contributed by atoms with Gasteiger partial charge in [-0.1, -0.05) is 0 Å². The molecule has 0 aromatic rings. The molecule has 1 atom stereocenters. The normalized spacial score (nSPS) is 12.9. The minimum Gasteiger partial charge on any atom is -0.312 e. The maximum Gasteiger partial charge on any atom is 0.334 e. The van der Waals surface area contributed by atoms with Crippen LogP contribution in [0.1, 0.15) is 19.3 Å². The number of nitriles is 2. The highest BCUT2D eigenvalue weighted by molar-refractivity contribution is 7.54. The first-order valence-electron chi connectivity index (χ1n) is 4.09. The first-order chi connectivity index (χ1) is 6.64. The number of hydrogen-bond donors (Lipinski definition) is 0. The Labute approximate surface area is 83.8 Å². The van der Waals surface area contributed by atoms with Gasteiger partial charge < -0.3 is 9.05 Å². The summed E-state index contributed by atoms with van der Waals surface area (Å²) in [7, 11) is -0.654. The van der Waals surface area contributed by atoms with E-state index in [-0.39, 0.29) is 12.8 Å². The van der Waals surface area contributed by atoms with Crippen LogP contribution in [0.5, 0.6) is 0 Å². The lowest BCUT2D eigenvalue weighted by Gasteiger charge is -2.21. The van der Waals surface area contributed by atoms with Crippen LogP contribution in [0.3, 0.4) is 0 Å². The van der Waals surface area contributed by atoms with Crippen LogP contribution in [-0.4, -0.2) is 19.9 Å². The van der Waals surface area contributed by atoms with Crippen molar-refractivity contribution in [1.29, 1.82) is 10.5 Å². The predicted octanol–water partition coefficient (Wildman–Crippen LogP) is 2.06. The summed E-state index contributed by atoms with van der Waals surface area (Å²) in [6.07, 6.45) is 0.659. The van der Waals surface area contributed by atoms with Crippen LogP contribution in [0.15, 0.2) is 0 Å². The molecule has 14 heavy (non-hydrogen) atoms. The van der Waals surface area contributed by atoms with E-state index < -0.39 is 13.3 Å². The van der Waals surface area contributed by atoms with E-state index in [0.717, 1.165) is 0 Å². The number of nitrogens with zero attached hydrogens (tertiary/aromatic N) is 2. The molecule has 6 heteroatoms. The van der Waals surface area contributed by atoms with Crippen molar-refractivity contribution in [3.63, 3.8) is 0 Å². The molecule has 0 aromatic heterocycles. The second kappa shape index (κ2) is 6.56. The van der Waals surface area contributed by atoms with Gasteiger partial charge in [0.1, 0.15) is 0 Å². The highest BCUT2D eigenvalue weighted by atomic mass is 31.2. The molecule has 0 heterocycles. The average Bonchev–Trinajstić information content (AvgIpc) is 2.23. The maximum absolute atomic E-state index is 11.8. The molecule has 0 bridgehead atoms. The van der Waals surface area contributed by atoms with Crippen molar-refractivity contribution < 1.29 is 13.6 Å².